The summed E-state index contributed by atoms with van der Waals surface area (Å²) < 4.78 is 0. The molecule has 2 heterocycles. The van der Waals surface area contributed by atoms with Crippen molar-refractivity contribution >= 4 is 12.0 Å². The number of rotatable bonds is 2. The first kappa shape index (κ1) is 15.1. The molecule has 6 nitrogen and oxygen atoms in total. The molecule has 0 unspecified atom stereocenters. The van der Waals surface area contributed by atoms with Crippen molar-refractivity contribution in [2.24, 2.45) is 5.41 Å². The molecule has 0 spiro atoms. The van der Waals surface area contributed by atoms with Crippen LogP contribution in [0.25, 0.3) is 0 Å². The molecule has 0 atom stereocenters. The largest absolute Gasteiger partial charge is 0.480 e. The first-order valence-electron chi connectivity index (χ1n) is 7.35. The van der Waals surface area contributed by atoms with E-state index in [2.05, 4.69) is 13.8 Å². The van der Waals surface area contributed by atoms with Crippen LogP contribution in [-0.2, 0) is 4.79 Å². The molecule has 0 aliphatic carbocycles. The topological polar surface area (TPSA) is 64.1 Å². The zero-order valence-electron chi connectivity index (χ0n) is 12.5. The molecule has 114 valence electrons. The second-order valence-corrected chi connectivity index (χ2v) is 6.59. The minimum Gasteiger partial charge on any atom is -0.480 e. The fourth-order valence-electron chi connectivity index (χ4n) is 2.79. The van der Waals surface area contributed by atoms with Gasteiger partial charge in [0.2, 0.25) is 0 Å². The average Bonchev–Trinajstić information content (AvgIpc) is 2.38. The summed E-state index contributed by atoms with van der Waals surface area (Å²) in [4.78, 5) is 28.8. The third-order valence-corrected chi connectivity index (χ3v) is 4.39. The number of carbonyl (C=O) groups is 2. The third kappa shape index (κ3) is 3.85. The molecule has 20 heavy (non-hydrogen) atoms. The van der Waals surface area contributed by atoms with Crippen LogP contribution in [0.5, 0.6) is 0 Å². The summed E-state index contributed by atoms with van der Waals surface area (Å²) in [6.07, 6.45) is 2.11. The lowest BCUT2D eigenvalue weighted by molar-refractivity contribution is -0.138. The third-order valence-electron chi connectivity index (χ3n) is 4.39. The van der Waals surface area contributed by atoms with Crippen LogP contribution >= 0.6 is 0 Å². The van der Waals surface area contributed by atoms with Crippen molar-refractivity contribution in [3.8, 4) is 0 Å². The fourth-order valence-corrected chi connectivity index (χ4v) is 2.79. The first-order chi connectivity index (χ1) is 9.37. The number of amides is 2. The average molecular weight is 283 g/mol. The zero-order chi connectivity index (χ0) is 14.8. The van der Waals surface area contributed by atoms with Crippen LogP contribution in [0, 0.1) is 5.41 Å². The lowest BCUT2D eigenvalue weighted by atomic mass is 9.83. The highest BCUT2D eigenvalue weighted by molar-refractivity contribution is 5.75. The Hall–Kier alpha value is -1.30. The van der Waals surface area contributed by atoms with E-state index in [4.69, 9.17) is 5.11 Å². The Bertz CT molecular complexity index is 366. The van der Waals surface area contributed by atoms with E-state index >= 15 is 0 Å². The molecule has 0 aromatic rings. The van der Waals surface area contributed by atoms with Crippen molar-refractivity contribution in [2.45, 2.75) is 26.7 Å². The van der Waals surface area contributed by atoms with Crippen LogP contribution in [-0.4, -0.2) is 77.6 Å². The number of likely N-dealkylation sites (tertiary alicyclic amines) is 1. The van der Waals surface area contributed by atoms with Crippen LogP contribution in [0.15, 0.2) is 0 Å². The molecule has 1 N–H and O–H groups in total. The maximum absolute atomic E-state index is 12.4. The summed E-state index contributed by atoms with van der Waals surface area (Å²) in [5.41, 5.74) is 0.344. The van der Waals surface area contributed by atoms with E-state index in [0.717, 1.165) is 25.9 Å². The maximum Gasteiger partial charge on any atom is 0.320 e. The van der Waals surface area contributed by atoms with Gasteiger partial charge in [0.25, 0.3) is 0 Å². The zero-order valence-corrected chi connectivity index (χ0v) is 12.5. The summed E-state index contributed by atoms with van der Waals surface area (Å²) in [6, 6.07) is 0.121. The normalized spacial score (nSPS) is 23.7. The molecule has 2 saturated heterocycles. The van der Waals surface area contributed by atoms with E-state index in [-0.39, 0.29) is 12.6 Å². The lowest BCUT2D eigenvalue weighted by Crippen LogP contribution is -2.55. The number of carbonyl (C=O) groups excluding carboxylic acids is 1. The van der Waals surface area contributed by atoms with Gasteiger partial charge >= 0.3 is 12.0 Å². The van der Waals surface area contributed by atoms with Gasteiger partial charge in [-0.15, -0.1) is 0 Å². The SMILES string of the molecule is CC1(C)CCN(C(=O)N2CCN(CC(=O)O)CC2)CC1. The van der Waals surface area contributed by atoms with Gasteiger partial charge < -0.3 is 14.9 Å². The van der Waals surface area contributed by atoms with Gasteiger partial charge in [-0.05, 0) is 18.3 Å². The van der Waals surface area contributed by atoms with Crippen LogP contribution in [0.4, 0.5) is 4.79 Å². The van der Waals surface area contributed by atoms with Crippen molar-refractivity contribution in [3.63, 3.8) is 0 Å². The van der Waals surface area contributed by atoms with E-state index in [9.17, 15) is 9.59 Å². The van der Waals surface area contributed by atoms with Crippen LogP contribution in [0.3, 0.4) is 0 Å². The Balaban J connectivity index is 1.79. The number of urea groups is 1. The first-order valence-corrected chi connectivity index (χ1v) is 7.35. The molecule has 0 radical (unpaired) electrons. The number of hydrogen-bond donors (Lipinski definition) is 1. The van der Waals surface area contributed by atoms with Crippen molar-refractivity contribution in [1.29, 1.82) is 0 Å². The van der Waals surface area contributed by atoms with Gasteiger partial charge in [-0.1, -0.05) is 13.8 Å². The Morgan fingerprint density at radius 1 is 0.950 bits per heavy atom. The summed E-state index contributed by atoms with van der Waals surface area (Å²) in [6.45, 7) is 8.80. The number of hydrogen-bond acceptors (Lipinski definition) is 3. The number of aliphatic carboxylic acids is 1. The molecular formula is C14H25N3O3. The van der Waals surface area contributed by atoms with Crippen molar-refractivity contribution in [3.05, 3.63) is 0 Å². The summed E-state index contributed by atoms with van der Waals surface area (Å²) in [7, 11) is 0. The standard InChI is InChI=1S/C14H25N3O3/c1-14(2)3-5-16(6-4-14)13(20)17-9-7-15(8-10-17)11-12(18)19/h3-11H2,1-2H3,(H,18,19). The highest BCUT2D eigenvalue weighted by Crippen LogP contribution is 2.30. The van der Waals surface area contributed by atoms with Crippen molar-refractivity contribution < 1.29 is 14.7 Å². The number of nitrogens with zero attached hydrogens (tertiary/aromatic N) is 3. The van der Waals surface area contributed by atoms with Gasteiger partial charge in [0.15, 0.2) is 0 Å². The smallest absolute Gasteiger partial charge is 0.320 e. The monoisotopic (exact) mass is 283 g/mol. The van der Waals surface area contributed by atoms with Gasteiger partial charge in [0, 0.05) is 39.3 Å². The molecule has 6 heteroatoms. The predicted octanol–water partition coefficient (Wildman–Crippen LogP) is 0.931. The lowest BCUT2D eigenvalue weighted by Gasteiger charge is -2.41. The molecule has 2 amide bonds. The molecular weight excluding hydrogens is 258 g/mol. The van der Waals surface area contributed by atoms with E-state index in [1.807, 2.05) is 14.7 Å². The van der Waals surface area contributed by atoms with E-state index in [0.29, 0.717) is 31.6 Å². The summed E-state index contributed by atoms with van der Waals surface area (Å²) in [5.74, 6) is -0.803. The van der Waals surface area contributed by atoms with Crippen LogP contribution in [0.2, 0.25) is 0 Å². The van der Waals surface area contributed by atoms with Gasteiger partial charge in [-0.2, -0.15) is 0 Å². The van der Waals surface area contributed by atoms with Crippen LogP contribution in [0.1, 0.15) is 26.7 Å². The van der Waals surface area contributed by atoms with Crippen LogP contribution < -0.4 is 0 Å². The van der Waals surface area contributed by atoms with Gasteiger partial charge in [0.1, 0.15) is 0 Å². The highest BCUT2D eigenvalue weighted by atomic mass is 16.4. The summed E-state index contributed by atoms with van der Waals surface area (Å²) in [5, 5.41) is 8.76. The molecule has 2 aliphatic heterocycles. The molecule has 0 aromatic carbocycles. The second kappa shape index (κ2) is 5.99. The minimum absolute atomic E-state index is 0.0694. The van der Waals surface area contributed by atoms with Crippen molar-refractivity contribution in [1.82, 2.24) is 14.7 Å². The van der Waals surface area contributed by atoms with Gasteiger partial charge in [-0.3, -0.25) is 9.69 Å². The van der Waals surface area contributed by atoms with E-state index < -0.39 is 5.97 Å². The maximum atomic E-state index is 12.4. The Morgan fingerprint density at radius 2 is 1.45 bits per heavy atom. The molecule has 0 saturated carbocycles. The summed E-state index contributed by atoms with van der Waals surface area (Å²) >= 11 is 0. The highest BCUT2D eigenvalue weighted by Gasteiger charge is 2.31. The van der Waals surface area contributed by atoms with Crippen molar-refractivity contribution in [2.75, 3.05) is 45.8 Å². The number of piperidine rings is 1. The molecule has 0 bridgehead atoms. The molecule has 0 aromatic heterocycles. The number of carboxylic acid groups (broad SMARTS) is 1. The number of piperazine rings is 1. The molecule has 2 fully saturated rings. The quantitative estimate of drug-likeness (QED) is 0.819. The van der Waals surface area contributed by atoms with E-state index in [1.54, 1.807) is 0 Å². The number of carboxylic acids is 1. The Labute approximate surface area is 120 Å². The van der Waals surface area contributed by atoms with Gasteiger partial charge in [0.05, 0.1) is 6.54 Å². The predicted molar refractivity (Wildman–Crippen MR) is 75.6 cm³/mol. The second-order valence-electron chi connectivity index (χ2n) is 6.59. The minimum atomic E-state index is -0.803. The fraction of sp³-hybridized carbons (Fsp3) is 0.857. The Morgan fingerprint density at radius 3 is 1.95 bits per heavy atom. The molecule has 2 rings (SSSR count). The Kier molecular flexibility index (Phi) is 4.52. The molecule has 2 aliphatic rings. The van der Waals surface area contributed by atoms with Gasteiger partial charge in [-0.25, -0.2) is 4.79 Å². The van der Waals surface area contributed by atoms with E-state index in [1.165, 1.54) is 0 Å².